The lowest BCUT2D eigenvalue weighted by Gasteiger charge is -2.24. The quantitative estimate of drug-likeness (QED) is 0.454. The molecule has 8 heteroatoms. The Morgan fingerprint density at radius 3 is 1.65 bits per heavy atom. The summed E-state index contributed by atoms with van der Waals surface area (Å²) >= 11 is 0. The summed E-state index contributed by atoms with van der Waals surface area (Å²) in [6.45, 7) is 11.3. The highest BCUT2D eigenvalue weighted by Gasteiger charge is 2.35. The molecule has 0 heterocycles. The van der Waals surface area contributed by atoms with Gasteiger partial charge < -0.3 is 26.6 Å². The van der Waals surface area contributed by atoms with Crippen LogP contribution in [0, 0.1) is 0 Å². The fourth-order valence-corrected chi connectivity index (χ4v) is 3.53. The average Bonchev–Trinajstić information content (AvgIpc) is 2.68. The number of allylic oxidation sites excluding steroid dienone is 2. The zero-order valence-electron chi connectivity index (χ0n) is 17.1. The topological polar surface area (TPSA) is 55.4 Å². The molecule has 0 spiro atoms. The van der Waals surface area contributed by atoms with Crippen LogP contribution in [0.4, 0.5) is 0 Å². The molecule has 0 N–H and O–H groups in total. The molecule has 0 saturated heterocycles. The van der Waals surface area contributed by atoms with Crippen molar-refractivity contribution < 1.29 is 26.6 Å². The Labute approximate surface area is 160 Å². The number of benzene rings is 1. The first-order chi connectivity index (χ1) is 12.2. The van der Waals surface area contributed by atoms with E-state index in [9.17, 15) is 0 Å². The van der Waals surface area contributed by atoms with Crippen LogP contribution in [0.3, 0.4) is 0 Å². The zero-order chi connectivity index (χ0) is 20.2. The third-order valence-corrected chi connectivity index (χ3v) is 7.92. The second-order valence-corrected chi connectivity index (χ2v) is 10.9. The van der Waals surface area contributed by atoms with Crippen LogP contribution in [0.1, 0.15) is 19.4 Å². The molecule has 0 bridgehead atoms. The third kappa shape index (κ3) is 8.79. The van der Waals surface area contributed by atoms with Crippen LogP contribution in [0.2, 0.25) is 13.1 Å². The van der Waals surface area contributed by atoms with Gasteiger partial charge in [-0.1, -0.05) is 43.0 Å². The summed E-state index contributed by atoms with van der Waals surface area (Å²) in [6.07, 6.45) is 1.88. The molecule has 0 radical (unpaired) electrons. The van der Waals surface area contributed by atoms with E-state index in [1.54, 1.807) is 28.4 Å². The van der Waals surface area contributed by atoms with E-state index in [1.165, 1.54) is 0 Å². The van der Waals surface area contributed by atoms with E-state index in [-0.39, 0.29) is 0 Å². The van der Waals surface area contributed by atoms with Crippen molar-refractivity contribution >= 4 is 23.4 Å². The second kappa shape index (κ2) is 12.0. The van der Waals surface area contributed by atoms with Crippen LogP contribution >= 0.6 is 0 Å². The molecular formula is C18H32O6Si2. The molecule has 1 aromatic carbocycles. The van der Waals surface area contributed by atoms with E-state index in [1.807, 2.05) is 63.3 Å². The van der Waals surface area contributed by atoms with Crippen LogP contribution in [-0.4, -0.2) is 46.0 Å². The van der Waals surface area contributed by atoms with E-state index < -0.39 is 17.6 Å². The summed E-state index contributed by atoms with van der Waals surface area (Å²) in [5.74, 6) is 1.41. The van der Waals surface area contributed by atoms with Gasteiger partial charge in [-0.2, -0.15) is 0 Å². The SMILES string of the molecule is C=C(O[Si](C)(OC)OC)c1ccccc1.CC=C(C)O[Si](C)(OC)OC. The molecule has 0 unspecified atom stereocenters. The summed E-state index contributed by atoms with van der Waals surface area (Å²) < 4.78 is 31.7. The summed E-state index contributed by atoms with van der Waals surface area (Å²) in [4.78, 5) is 0. The molecule has 26 heavy (non-hydrogen) atoms. The summed E-state index contributed by atoms with van der Waals surface area (Å²) in [7, 11) is 1.45. The molecule has 6 nitrogen and oxygen atoms in total. The summed E-state index contributed by atoms with van der Waals surface area (Å²) in [6, 6.07) is 9.68. The van der Waals surface area contributed by atoms with Gasteiger partial charge in [0, 0.05) is 47.1 Å². The highest BCUT2D eigenvalue weighted by Crippen LogP contribution is 2.19. The summed E-state index contributed by atoms with van der Waals surface area (Å²) in [5.41, 5.74) is 0.935. The monoisotopic (exact) mass is 400 g/mol. The molecule has 1 rings (SSSR count). The summed E-state index contributed by atoms with van der Waals surface area (Å²) in [5, 5.41) is 0. The first-order valence-corrected chi connectivity index (χ1v) is 12.6. The molecule has 0 aliphatic heterocycles. The van der Waals surface area contributed by atoms with E-state index in [4.69, 9.17) is 26.6 Å². The predicted molar refractivity (Wildman–Crippen MR) is 108 cm³/mol. The number of hydrogen-bond donors (Lipinski definition) is 0. The highest BCUT2D eigenvalue weighted by atomic mass is 28.4. The van der Waals surface area contributed by atoms with Crippen molar-refractivity contribution in [1.82, 2.24) is 0 Å². The fraction of sp³-hybridized carbons (Fsp3) is 0.444. The minimum absolute atomic E-state index is 0.577. The third-order valence-electron chi connectivity index (χ3n) is 3.64. The van der Waals surface area contributed by atoms with Gasteiger partial charge in [0.25, 0.3) is 0 Å². The minimum Gasteiger partial charge on any atom is -0.505 e. The Morgan fingerprint density at radius 2 is 1.27 bits per heavy atom. The molecule has 0 aromatic heterocycles. The fourth-order valence-electron chi connectivity index (χ4n) is 1.59. The van der Waals surface area contributed by atoms with Gasteiger partial charge in [0.2, 0.25) is 0 Å². The lowest BCUT2D eigenvalue weighted by atomic mass is 10.2. The Hall–Kier alpha value is -1.43. The van der Waals surface area contributed by atoms with Crippen molar-refractivity contribution in [3.8, 4) is 0 Å². The Balaban J connectivity index is 0.000000508. The number of hydrogen-bond acceptors (Lipinski definition) is 6. The minimum atomic E-state index is -2.54. The maximum absolute atomic E-state index is 5.62. The van der Waals surface area contributed by atoms with E-state index in [0.29, 0.717) is 5.76 Å². The van der Waals surface area contributed by atoms with Gasteiger partial charge >= 0.3 is 17.6 Å². The maximum Gasteiger partial charge on any atom is 0.562 e. The van der Waals surface area contributed by atoms with Crippen LogP contribution < -0.4 is 0 Å². The molecule has 0 aliphatic rings. The van der Waals surface area contributed by atoms with Crippen molar-refractivity contribution in [3.05, 3.63) is 54.3 Å². The highest BCUT2D eigenvalue weighted by molar-refractivity contribution is 6.60. The van der Waals surface area contributed by atoms with Gasteiger partial charge in [0.05, 0.1) is 5.76 Å². The predicted octanol–water partition coefficient (Wildman–Crippen LogP) is 4.32. The second-order valence-electron chi connectivity index (χ2n) is 5.43. The average molecular weight is 401 g/mol. The molecular weight excluding hydrogens is 368 g/mol. The van der Waals surface area contributed by atoms with Gasteiger partial charge in [-0.05, 0) is 13.8 Å². The van der Waals surface area contributed by atoms with Gasteiger partial charge in [-0.15, -0.1) is 0 Å². The molecule has 0 amide bonds. The van der Waals surface area contributed by atoms with Gasteiger partial charge in [-0.3, -0.25) is 0 Å². The van der Waals surface area contributed by atoms with E-state index >= 15 is 0 Å². The first-order valence-electron chi connectivity index (χ1n) is 8.15. The maximum atomic E-state index is 5.62. The van der Waals surface area contributed by atoms with Crippen LogP contribution in [0.25, 0.3) is 5.76 Å². The molecule has 1 aromatic rings. The van der Waals surface area contributed by atoms with Crippen LogP contribution in [0.15, 0.2) is 48.7 Å². The van der Waals surface area contributed by atoms with Crippen LogP contribution in [-0.2, 0) is 26.6 Å². The molecule has 0 atom stereocenters. The van der Waals surface area contributed by atoms with Crippen molar-refractivity contribution in [3.63, 3.8) is 0 Å². The molecule has 148 valence electrons. The van der Waals surface area contributed by atoms with Crippen molar-refractivity contribution in [2.24, 2.45) is 0 Å². The van der Waals surface area contributed by atoms with Crippen molar-refractivity contribution in [1.29, 1.82) is 0 Å². The van der Waals surface area contributed by atoms with Crippen molar-refractivity contribution in [2.45, 2.75) is 26.9 Å². The zero-order valence-corrected chi connectivity index (χ0v) is 19.1. The normalized spacial score (nSPS) is 12.1. The van der Waals surface area contributed by atoms with Crippen molar-refractivity contribution in [2.75, 3.05) is 28.4 Å². The van der Waals surface area contributed by atoms with E-state index in [0.717, 1.165) is 11.3 Å². The van der Waals surface area contributed by atoms with Gasteiger partial charge in [0.15, 0.2) is 0 Å². The lowest BCUT2D eigenvalue weighted by molar-refractivity contribution is 0.138. The van der Waals surface area contributed by atoms with E-state index in [2.05, 4.69) is 6.58 Å². The van der Waals surface area contributed by atoms with Gasteiger partial charge in [0.1, 0.15) is 5.76 Å². The largest absolute Gasteiger partial charge is 0.562 e. The standard InChI is InChI=1S/C11H16O3Si.C7H16O3Si/c1-10(11-8-6-5-7-9-11)14-15(4,12-2)13-3;1-6-7(2)10-11(5,8-3)9-4/h5-9H,1H2,2-4H3;6H,1-5H3. The molecule has 0 saturated carbocycles. The number of rotatable bonds is 9. The smallest absolute Gasteiger partial charge is 0.505 e. The first kappa shape index (κ1) is 24.6. The lowest BCUT2D eigenvalue weighted by Crippen LogP contribution is -2.39. The van der Waals surface area contributed by atoms with Gasteiger partial charge in [-0.25, -0.2) is 0 Å². The molecule has 0 fully saturated rings. The van der Waals surface area contributed by atoms with Crippen LogP contribution in [0.5, 0.6) is 0 Å². The molecule has 0 aliphatic carbocycles. The Kier molecular flexibility index (Phi) is 11.4. The Morgan fingerprint density at radius 1 is 0.846 bits per heavy atom. The Bertz CT molecular complexity index is 554.